The lowest BCUT2D eigenvalue weighted by Crippen LogP contribution is -1.92. The molecule has 100 valence electrons. The van der Waals surface area contributed by atoms with Crippen molar-refractivity contribution < 1.29 is 9.29 Å². The van der Waals surface area contributed by atoms with Crippen molar-refractivity contribution in [2.75, 3.05) is 7.11 Å². The maximum atomic E-state index is 9.05. The van der Waals surface area contributed by atoms with Crippen LogP contribution in [-0.4, -0.2) is 17.5 Å². The molecule has 3 rings (SSSR count). The number of aliphatic imine (C=N–C) groups is 1. The minimum Gasteiger partial charge on any atom is -0.494 e. The van der Waals surface area contributed by atoms with Crippen molar-refractivity contribution in [2.45, 2.75) is 4.90 Å². The van der Waals surface area contributed by atoms with Crippen molar-refractivity contribution in [3.05, 3.63) is 48.0 Å². The number of methoxy groups -OCH3 is 1. The second kappa shape index (κ2) is 5.44. The lowest BCUT2D eigenvalue weighted by molar-refractivity contribution is 0.415. The molecule has 0 amide bonds. The molecule has 0 aromatic heterocycles. The van der Waals surface area contributed by atoms with Gasteiger partial charge in [0.15, 0.2) is 5.84 Å². The minimum atomic E-state index is 0.559. The first-order valence-electron chi connectivity index (χ1n) is 5.91. The fourth-order valence-corrected chi connectivity index (χ4v) is 2.20. The minimum absolute atomic E-state index is 0.559. The number of azo groups is 1. The Bertz CT molecular complexity index is 713. The molecule has 1 aliphatic rings. The molecule has 0 fully saturated rings. The van der Waals surface area contributed by atoms with Gasteiger partial charge in [0.05, 0.1) is 12.8 Å². The standard InChI is InChI=1S/C14H11N3O2S/c1-19-13-8-9(20-18)6-7-12(13)15-14-10-4-2-3-5-11(10)16-17-14/h2-8,18H,1H3. The number of benzene rings is 2. The van der Waals surface area contributed by atoms with Crippen molar-refractivity contribution >= 4 is 29.3 Å². The van der Waals surface area contributed by atoms with Crippen molar-refractivity contribution in [1.82, 2.24) is 0 Å². The van der Waals surface area contributed by atoms with Crippen molar-refractivity contribution in [2.24, 2.45) is 15.2 Å². The molecule has 0 spiro atoms. The number of fused-ring (bicyclic) bond motifs is 1. The average Bonchev–Trinajstić information content (AvgIpc) is 2.91. The van der Waals surface area contributed by atoms with Crippen LogP contribution in [-0.2, 0) is 0 Å². The molecule has 1 N–H and O–H groups in total. The van der Waals surface area contributed by atoms with E-state index in [2.05, 4.69) is 15.2 Å². The van der Waals surface area contributed by atoms with Gasteiger partial charge in [-0.2, -0.15) is 0 Å². The molecule has 2 aromatic rings. The molecular formula is C14H11N3O2S. The Morgan fingerprint density at radius 3 is 2.80 bits per heavy atom. The van der Waals surface area contributed by atoms with E-state index in [-0.39, 0.29) is 0 Å². The average molecular weight is 285 g/mol. The fourth-order valence-electron chi connectivity index (χ4n) is 1.91. The van der Waals surface area contributed by atoms with Crippen LogP contribution < -0.4 is 4.74 Å². The number of rotatable bonds is 3. The Kier molecular flexibility index (Phi) is 3.49. The fraction of sp³-hybridized carbons (Fsp3) is 0.0714. The molecule has 20 heavy (non-hydrogen) atoms. The summed E-state index contributed by atoms with van der Waals surface area (Å²) in [5.41, 5.74) is 2.36. The van der Waals surface area contributed by atoms with E-state index in [1.807, 2.05) is 24.3 Å². The molecule has 1 heterocycles. The van der Waals surface area contributed by atoms with Crippen molar-refractivity contribution in [3.8, 4) is 5.75 Å². The summed E-state index contributed by atoms with van der Waals surface area (Å²) in [5, 5.41) is 8.16. The topological polar surface area (TPSA) is 66.5 Å². The van der Waals surface area contributed by atoms with Crippen LogP contribution in [0.1, 0.15) is 5.56 Å². The van der Waals surface area contributed by atoms with Gasteiger partial charge >= 0.3 is 0 Å². The van der Waals surface area contributed by atoms with Gasteiger partial charge in [-0.05, 0) is 30.3 Å². The molecular weight excluding hydrogens is 274 g/mol. The van der Waals surface area contributed by atoms with Gasteiger partial charge in [0, 0.05) is 22.5 Å². The van der Waals surface area contributed by atoms with E-state index in [0.717, 1.165) is 11.3 Å². The third-order valence-electron chi connectivity index (χ3n) is 2.88. The highest BCUT2D eigenvalue weighted by atomic mass is 32.2. The molecule has 0 saturated heterocycles. The molecule has 5 nitrogen and oxygen atoms in total. The van der Waals surface area contributed by atoms with Crippen LogP contribution in [0, 0.1) is 0 Å². The molecule has 0 bridgehead atoms. The summed E-state index contributed by atoms with van der Waals surface area (Å²) in [7, 11) is 1.56. The highest BCUT2D eigenvalue weighted by Crippen LogP contribution is 2.34. The van der Waals surface area contributed by atoms with E-state index >= 15 is 0 Å². The Hall–Kier alpha value is -2.18. The predicted molar refractivity (Wildman–Crippen MR) is 78.6 cm³/mol. The number of ether oxygens (including phenoxy) is 1. The zero-order chi connectivity index (χ0) is 13.9. The zero-order valence-electron chi connectivity index (χ0n) is 10.6. The van der Waals surface area contributed by atoms with Crippen LogP contribution in [0.5, 0.6) is 5.75 Å². The molecule has 0 aliphatic carbocycles. The van der Waals surface area contributed by atoms with Gasteiger partial charge < -0.3 is 9.29 Å². The lowest BCUT2D eigenvalue weighted by atomic mass is 10.2. The van der Waals surface area contributed by atoms with Crippen LogP contribution in [0.4, 0.5) is 11.4 Å². The molecule has 0 saturated carbocycles. The Morgan fingerprint density at radius 1 is 1.15 bits per heavy atom. The second-order valence-corrected chi connectivity index (χ2v) is 4.73. The molecule has 0 atom stereocenters. The summed E-state index contributed by atoms with van der Waals surface area (Å²) < 4.78 is 14.3. The monoisotopic (exact) mass is 285 g/mol. The lowest BCUT2D eigenvalue weighted by Gasteiger charge is -2.06. The summed E-state index contributed by atoms with van der Waals surface area (Å²) >= 11 is 0.668. The van der Waals surface area contributed by atoms with E-state index in [1.54, 1.807) is 25.3 Å². The van der Waals surface area contributed by atoms with Crippen LogP contribution >= 0.6 is 12.0 Å². The summed E-state index contributed by atoms with van der Waals surface area (Å²) in [4.78, 5) is 5.18. The van der Waals surface area contributed by atoms with Gasteiger partial charge in [-0.15, -0.1) is 10.2 Å². The van der Waals surface area contributed by atoms with Crippen LogP contribution in [0.25, 0.3) is 0 Å². The maximum absolute atomic E-state index is 9.05. The van der Waals surface area contributed by atoms with E-state index in [1.165, 1.54) is 0 Å². The number of hydrogen-bond donors (Lipinski definition) is 1. The van der Waals surface area contributed by atoms with Gasteiger partial charge in [-0.3, -0.25) is 0 Å². The third kappa shape index (κ3) is 2.31. The molecule has 0 unspecified atom stereocenters. The number of hydrogen-bond acceptors (Lipinski definition) is 5. The van der Waals surface area contributed by atoms with Gasteiger partial charge in [-0.25, -0.2) is 4.99 Å². The summed E-state index contributed by atoms with van der Waals surface area (Å²) in [6, 6.07) is 12.9. The largest absolute Gasteiger partial charge is 0.494 e. The Balaban J connectivity index is 2.04. The number of amidine groups is 1. The van der Waals surface area contributed by atoms with E-state index in [4.69, 9.17) is 9.29 Å². The van der Waals surface area contributed by atoms with Crippen LogP contribution in [0.2, 0.25) is 0 Å². The van der Waals surface area contributed by atoms with Gasteiger partial charge in [-0.1, -0.05) is 12.1 Å². The van der Waals surface area contributed by atoms with E-state index < -0.39 is 0 Å². The van der Waals surface area contributed by atoms with Gasteiger partial charge in [0.25, 0.3) is 0 Å². The third-order valence-corrected chi connectivity index (χ3v) is 3.35. The first-order chi connectivity index (χ1) is 9.81. The summed E-state index contributed by atoms with van der Waals surface area (Å²) in [5.74, 6) is 1.14. The Labute approximate surface area is 120 Å². The predicted octanol–water partition coefficient (Wildman–Crippen LogP) is 4.44. The quantitative estimate of drug-likeness (QED) is 0.848. The molecule has 6 heteroatoms. The molecule has 0 radical (unpaired) electrons. The SMILES string of the molecule is COc1cc(SO)ccc1N=C1N=Nc2ccccc21. The normalized spacial score (nSPS) is 14.6. The first kappa shape index (κ1) is 12.8. The second-order valence-electron chi connectivity index (χ2n) is 4.08. The van der Waals surface area contributed by atoms with Gasteiger partial charge in [0.1, 0.15) is 11.4 Å². The maximum Gasteiger partial charge on any atom is 0.184 e. The number of nitrogens with zero attached hydrogens (tertiary/aromatic N) is 3. The van der Waals surface area contributed by atoms with Crippen LogP contribution in [0.15, 0.2) is 62.6 Å². The van der Waals surface area contributed by atoms with Crippen LogP contribution in [0.3, 0.4) is 0 Å². The summed E-state index contributed by atoms with van der Waals surface area (Å²) in [6.45, 7) is 0. The zero-order valence-corrected chi connectivity index (χ0v) is 11.5. The molecule has 2 aromatic carbocycles. The van der Waals surface area contributed by atoms with E-state index in [0.29, 0.717) is 34.2 Å². The smallest absolute Gasteiger partial charge is 0.184 e. The van der Waals surface area contributed by atoms with Gasteiger partial charge in [0.2, 0.25) is 0 Å². The summed E-state index contributed by atoms with van der Waals surface area (Å²) in [6.07, 6.45) is 0. The first-order valence-corrected chi connectivity index (χ1v) is 6.68. The molecule has 1 aliphatic heterocycles. The van der Waals surface area contributed by atoms with E-state index in [9.17, 15) is 0 Å². The Morgan fingerprint density at radius 2 is 2.00 bits per heavy atom. The highest BCUT2D eigenvalue weighted by molar-refractivity contribution is 7.93. The van der Waals surface area contributed by atoms with Crippen molar-refractivity contribution in [1.29, 1.82) is 0 Å². The van der Waals surface area contributed by atoms with Crippen molar-refractivity contribution in [3.63, 3.8) is 0 Å². The highest BCUT2D eigenvalue weighted by Gasteiger charge is 2.15.